The lowest BCUT2D eigenvalue weighted by Crippen LogP contribution is -2.47. The van der Waals surface area contributed by atoms with Crippen molar-refractivity contribution in [2.45, 2.75) is 24.8 Å². The number of benzene rings is 3. The van der Waals surface area contributed by atoms with Gasteiger partial charge in [-0.25, -0.2) is 13.2 Å². The molecule has 0 bridgehead atoms. The van der Waals surface area contributed by atoms with E-state index in [0.29, 0.717) is 17.1 Å². The number of para-hydroxylation sites is 1. The predicted octanol–water partition coefficient (Wildman–Crippen LogP) is 4.27. The fourth-order valence-electron chi connectivity index (χ4n) is 3.04. The van der Waals surface area contributed by atoms with Crippen LogP contribution in [0.25, 0.3) is 0 Å². The number of hydrogen-bond donors (Lipinski definition) is 4. The zero-order valence-electron chi connectivity index (χ0n) is 18.3. The number of urea groups is 1. The van der Waals surface area contributed by atoms with Gasteiger partial charge >= 0.3 is 6.03 Å². The maximum absolute atomic E-state index is 12.9. The lowest BCUT2D eigenvalue weighted by molar-refractivity contribution is -0.118. The highest BCUT2D eigenvalue weighted by Gasteiger charge is 2.28. The van der Waals surface area contributed by atoms with Crippen LogP contribution < -0.4 is 20.7 Å². The van der Waals surface area contributed by atoms with Gasteiger partial charge in [-0.2, -0.15) is 4.72 Å². The molecule has 0 fully saturated rings. The molecule has 3 aromatic carbocycles. The van der Waals surface area contributed by atoms with Gasteiger partial charge in [-0.15, -0.1) is 0 Å². The van der Waals surface area contributed by atoms with Gasteiger partial charge < -0.3 is 16.0 Å². The van der Waals surface area contributed by atoms with Crippen molar-refractivity contribution in [3.05, 3.63) is 84.9 Å². The summed E-state index contributed by atoms with van der Waals surface area (Å²) in [5, 5.41) is 8.14. The third-order valence-electron chi connectivity index (χ3n) is 4.70. The van der Waals surface area contributed by atoms with E-state index in [1.54, 1.807) is 68.4 Å². The monoisotopic (exact) mass is 466 g/mol. The Morgan fingerprint density at radius 1 is 0.697 bits per heavy atom. The van der Waals surface area contributed by atoms with E-state index in [4.69, 9.17) is 0 Å². The summed E-state index contributed by atoms with van der Waals surface area (Å²) in [6, 6.07) is 22.0. The van der Waals surface area contributed by atoms with Gasteiger partial charge in [0.15, 0.2) is 0 Å². The molecule has 0 spiro atoms. The molecule has 9 heteroatoms. The first-order valence-electron chi connectivity index (χ1n) is 10.4. The summed E-state index contributed by atoms with van der Waals surface area (Å²) in [7, 11) is -3.87. The maximum atomic E-state index is 12.9. The van der Waals surface area contributed by atoms with Gasteiger partial charge in [0, 0.05) is 17.1 Å². The van der Waals surface area contributed by atoms with E-state index in [9.17, 15) is 18.0 Å². The molecular weight excluding hydrogens is 440 g/mol. The van der Waals surface area contributed by atoms with Crippen LogP contribution >= 0.6 is 0 Å². The van der Waals surface area contributed by atoms with Crippen molar-refractivity contribution in [3.8, 4) is 0 Å². The Morgan fingerprint density at radius 2 is 1.21 bits per heavy atom. The van der Waals surface area contributed by atoms with Crippen LogP contribution in [0.5, 0.6) is 0 Å². The minimum absolute atomic E-state index is 0.0825. The number of rotatable bonds is 8. The Morgan fingerprint density at radius 3 is 1.82 bits per heavy atom. The van der Waals surface area contributed by atoms with E-state index in [-0.39, 0.29) is 10.8 Å². The molecule has 0 aromatic heterocycles. The highest BCUT2D eigenvalue weighted by molar-refractivity contribution is 7.89. The van der Waals surface area contributed by atoms with E-state index in [2.05, 4.69) is 20.7 Å². The SMILES string of the molecule is CC(C)C(NS(=O)(=O)c1ccccc1)C(=O)Nc1cccc(NC(=O)Nc2ccccc2)c1. The minimum atomic E-state index is -3.87. The lowest BCUT2D eigenvalue weighted by Gasteiger charge is -2.22. The summed E-state index contributed by atoms with van der Waals surface area (Å²) >= 11 is 0. The second-order valence-electron chi connectivity index (χ2n) is 7.67. The van der Waals surface area contributed by atoms with Crippen LogP contribution in [-0.2, 0) is 14.8 Å². The molecule has 0 aliphatic heterocycles. The van der Waals surface area contributed by atoms with E-state index in [0.717, 1.165) is 0 Å². The topological polar surface area (TPSA) is 116 Å². The van der Waals surface area contributed by atoms with Gasteiger partial charge in [0.05, 0.1) is 4.90 Å². The fourth-order valence-corrected chi connectivity index (χ4v) is 4.40. The standard InChI is InChI=1S/C24H26N4O4S/c1-17(2)22(28-33(31,32)21-14-7-4-8-15-21)23(29)25-19-12-9-13-20(16-19)27-24(30)26-18-10-5-3-6-11-18/h3-17,22,28H,1-2H3,(H,25,29)(H2,26,27,30). The highest BCUT2D eigenvalue weighted by Crippen LogP contribution is 2.18. The van der Waals surface area contributed by atoms with E-state index in [1.807, 2.05) is 18.2 Å². The van der Waals surface area contributed by atoms with E-state index >= 15 is 0 Å². The lowest BCUT2D eigenvalue weighted by atomic mass is 10.0. The normalized spacial score (nSPS) is 12.1. The van der Waals surface area contributed by atoms with E-state index < -0.39 is 28.0 Å². The predicted molar refractivity (Wildman–Crippen MR) is 130 cm³/mol. The van der Waals surface area contributed by atoms with Crippen LogP contribution in [0.2, 0.25) is 0 Å². The molecule has 33 heavy (non-hydrogen) atoms. The Balaban J connectivity index is 1.67. The number of hydrogen-bond acceptors (Lipinski definition) is 4. The van der Waals surface area contributed by atoms with Gasteiger partial charge in [-0.05, 0) is 48.4 Å². The average molecular weight is 467 g/mol. The average Bonchev–Trinajstić information content (AvgIpc) is 2.78. The summed E-state index contributed by atoms with van der Waals surface area (Å²) in [6.07, 6.45) is 0. The molecule has 172 valence electrons. The molecule has 1 unspecified atom stereocenters. The van der Waals surface area contributed by atoms with Gasteiger partial charge in [-0.3, -0.25) is 4.79 Å². The molecule has 0 aliphatic rings. The van der Waals surface area contributed by atoms with Crippen LogP contribution in [0.1, 0.15) is 13.8 Å². The molecule has 3 aromatic rings. The Labute approximate surface area is 193 Å². The quantitative estimate of drug-likeness (QED) is 0.397. The first-order chi connectivity index (χ1) is 15.7. The summed E-state index contributed by atoms with van der Waals surface area (Å²) in [5.74, 6) is -0.808. The number of nitrogens with one attached hydrogen (secondary N) is 4. The molecule has 3 amide bonds. The number of carbonyl (C=O) groups excluding carboxylic acids is 2. The molecule has 1 atom stereocenters. The maximum Gasteiger partial charge on any atom is 0.323 e. The van der Waals surface area contributed by atoms with Crippen molar-refractivity contribution < 1.29 is 18.0 Å². The molecule has 4 N–H and O–H groups in total. The van der Waals surface area contributed by atoms with Gasteiger partial charge in [0.1, 0.15) is 6.04 Å². The molecule has 0 saturated heterocycles. The second kappa shape index (κ2) is 10.8. The van der Waals surface area contributed by atoms with Crippen molar-refractivity contribution in [1.82, 2.24) is 4.72 Å². The molecule has 0 saturated carbocycles. The molecular formula is C24H26N4O4S. The largest absolute Gasteiger partial charge is 0.325 e. The van der Waals surface area contributed by atoms with Gasteiger partial charge in [0.2, 0.25) is 15.9 Å². The van der Waals surface area contributed by atoms with Crippen molar-refractivity contribution in [2.75, 3.05) is 16.0 Å². The van der Waals surface area contributed by atoms with E-state index in [1.165, 1.54) is 12.1 Å². The number of anilines is 3. The smallest absolute Gasteiger partial charge is 0.323 e. The summed E-state index contributed by atoms with van der Waals surface area (Å²) < 4.78 is 27.9. The zero-order chi connectivity index (χ0) is 23.8. The summed E-state index contributed by atoms with van der Waals surface area (Å²) in [4.78, 5) is 25.2. The Bertz CT molecular complexity index is 1200. The van der Waals surface area contributed by atoms with Crippen molar-refractivity contribution >= 4 is 39.0 Å². The molecule has 0 aliphatic carbocycles. The van der Waals surface area contributed by atoms with Gasteiger partial charge in [-0.1, -0.05) is 56.3 Å². The molecule has 3 rings (SSSR count). The molecule has 0 radical (unpaired) electrons. The van der Waals surface area contributed by atoms with Crippen LogP contribution in [0.15, 0.2) is 89.8 Å². The summed E-state index contributed by atoms with van der Waals surface area (Å²) in [6.45, 7) is 3.51. The van der Waals surface area contributed by atoms with Crippen molar-refractivity contribution in [2.24, 2.45) is 5.92 Å². The van der Waals surface area contributed by atoms with Crippen LogP contribution in [0, 0.1) is 5.92 Å². The highest BCUT2D eigenvalue weighted by atomic mass is 32.2. The number of amides is 3. The third kappa shape index (κ3) is 6.90. The fraction of sp³-hybridized carbons (Fsp3) is 0.167. The Hall–Kier alpha value is -3.69. The van der Waals surface area contributed by atoms with Gasteiger partial charge in [0.25, 0.3) is 0 Å². The van der Waals surface area contributed by atoms with Crippen molar-refractivity contribution in [1.29, 1.82) is 0 Å². The number of sulfonamides is 1. The number of carbonyl (C=O) groups is 2. The third-order valence-corrected chi connectivity index (χ3v) is 6.16. The van der Waals surface area contributed by atoms with Crippen LogP contribution in [0.4, 0.5) is 21.9 Å². The first-order valence-corrected chi connectivity index (χ1v) is 11.8. The molecule has 0 heterocycles. The second-order valence-corrected chi connectivity index (χ2v) is 9.39. The van der Waals surface area contributed by atoms with Crippen LogP contribution in [0.3, 0.4) is 0 Å². The zero-order valence-corrected chi connectivity index (χ0v) is 19.1. The first kappa shape index (κ1) is 24.0. The summed E-state index contributed by atoms with van der Waals surface area (Å²) in [5.41, 5.74) is 1.53. The van der Waals surface area contributed by atoms with Crippen molar-refractivity contribution in [3.63, 3.8) is 0 Å². The minimum Gasteiger partial charge on any atom is -0.325 e. The molecule has 8 nitrogen and oxygen atoms in total. The Kier molecular flexibility index (Phi) is 7.81. The van der Waals surface area contributed by atoms with Crippen LogP contribution in [-0.4, -0.2) is 26.4 Å².